The molecule has 0 saturated heterocycles. The van der Waals surface area contributed by atoms with E-state index in [4.69, 9.17) is 6.42 Å². The van der Waals surface area contributed by atoms with Crippen molar-refractivity contribution in [2.24, 2.45) is 0 Å². The van der Waals surface area contributed by atoms with Crippen molar-refractivity contribution < 1.29 is 18.7 Å². The minimum atomic E-state index is -2.33. The highest BCUT2D eigenvalue weighted by atomic mass is 32.2. The predicted octanol–water partition coefficient (Wildman–Crippen LogP) is 5.65. The van der Waals surface area contributed by atoms with E-state index in [9.17, 15) is 18.7 Å². The first-order valence-corrected chi connectivity index (χ1v) is 12.1. The van der Waals surface area contributed by atoms with Crippen LogP contribution in [0.2, 0.25) is 0 Å². The summed E-state index contributed by atoms with van der Waals surface area (Å²) in [4.78, 5) is 13.2. The number of carboxylic acid groups (broad SMARTS) is 1. The van der Waals surface area contributed by atoms with Crippen LogP contribution in [0.1, 0.15) is 35.6 Å². The van der Waals surface area contributed by atoms with Gasteiger partial charge in [-0.1, -0.05) is 36.3 Å². The Morgan fingerprint density at radius 1 is 1.03 bits per heavy atom. The van der Waals surface area contributed by atoms with Gasteiger partial charge in [-0.25, -0.2) is 8.51 Å². The molecule has 0 saturated carbocycles. The molecule has 3 aromatic rings. The normalized spacial score (nSPS) is 12.7. The molecule has 3 rings (SSSR count). The smallest absolute Gasteiger partial charge is 0.305 e. The van der Waals surface area contributed by atoms with Gasteiger partial charge in [-0.15, -0.1) is 6.42 Å². The topological polar surface area (TPSA) is 81.1 Å². The molecular formula is C27H30N2O4S. The van der Waals surface area contributed by atoms with Crippen molar-refractivity contribution in [2.75, 3.05) is 15.7 Å². The third kappa shape index (κ3) is 4.79. The van der Waals surface area contributed by atoms with Crippen LogP contribution in [0.5, 0.6) is 0 Å². The summed E-state index contributed by atoms with van der Waals surface area (Å²) in [5, 5.41) is 10.9. The first kappa shape index (κ1) is 25.3. The van der Waals surface area contributed by atoms with Crippen molar-refractivity contribution >= 4 is 45.1 Å². The van der Waals surface area contributed by atoms with E-state index in [-0.39, 0.29) is 19.0 Å². The summed E-state index contributed by atoms with van der Waals surface area (Å²) in [7, 11) is 0. The average molecular weight is 479 g/mol. The van der Waals surface area contributed by atoms with Crippen LogP contribution < -0.4 is 9.21 Å². The maximum atomic E-state index is 12.8. The van der Waals surface area contributed by atoms with Gasteiger partial charge in [0.1, 0.15) is 0 Å². The number of hydrogen-bond acceptors (Lipinski definition) is 3. The van der Waals surface area contributed by atoms with Gasteiger partial charge in [0.25, 0.3) is 11.3 Å². The predicted molar refractivity (Wildman–Crippen MR) is 140 cm³/mol. The lowest BCUT2D eigenvalue weighted by Crippen LogP contribution is -2.35. The van der Waals surface area contributed by atoms with E-state index in [0.29, 0.717) is 11.4 Å². The number of fused-ring (bicyclic) bond motifs is 1. The summed E-state index contributed by atoms with van der Waals surface area (Å²) in [6.45, 7) is 9.96. The quantitative estimate of drug-likeness (QED) is 0.323. The van der Waals surface area contributed by atoms with Gasteiger partial charge in [-0.05, 0) is 69.0 Å². The molecule has 0 aromatic heterocycles. The molecule has 0 bridgehead atoms. The second-order valence-corrected chi connectivity index (χ2v) is 9.39. The Morgan fingerprint density at radius 2 is 1.56 bits per heavy atom. The largest absolute Gasteiger partial charge is 0.481 e. The second kappa shape index (κ2) is 10.3. The van der Waals surface area contributed by atoms with Crippen molar-refractivity contribution in [1.29, 1.82) is 0 Å². The summed E-state index contributed by atoms with van der Waals surface area (Å²) in [5.74, 6) is 1.72. The van der Waals surface area contributed by atoms with Crippen molar-refractivity contribution in [1.82, 2.24) is 0 Å². The number of nitrogens with zero attached hydrogens (tertiary/aromatic N) is 2. The molecule has 6 nitrogen and oxygen atoms in total. The Bertz CT molecular complexity index is 1290. The lowest BCUT2D eigenvalue weighted by molar-refractivity contribution is -0.137. The number of carbonyl (C=O) groups is 1. The molecule has 1 unspecified atom stereocenters. The summed E-state index contributed by atoms with van der Waals surface area (Å²) < 4.78 is 24.7. The lowest BCUT2D eigenvalue weighted by Gasteiger charge is -2.32. The zero-order valence-corrected chi connectivity index (χ0v) is 20.9. The van der Waals surface area contributed by atoms with Gasteiger partial charge in [0.15, 0.2) is 0 Å². The highest BCUT2D eigenvalue weighted by Gasteiger charge is 2.25. The van der Waals surface area contributed by atoms with Crippen molar-refractivity contribution in [3.05, 3.63) is 64.7 Å². The molecule has 34 heavy (non-hydrogen) atoms. The molecule has 3 aromatic carbocycles. The molecule has 0 fully saturated rings. The standard InChI is InChI=1S/C27H30N2O4S/c1-7-14-28(19(4)16-26(30)31)24-12-13-25(23-11-9-8-10-22(23)24)29(34(32)33)27-20(5)17(2)15-18(3)21(27)6/h1,8-13,15,19H,14,16H2,2-6H3,(H,30,31)(H,32,33)/t19-/m0/s1. The fourth-order valence-corrected chi connectivity index (χ4v) is 5.18. The Hall–Kier alpha value is -3.34. The summed E-state index contributed by atoms with van der Waals surface area (Å²) in [6.07, 6.45) is 5.55. The number of aryl methyl sites for hydroxylation is 2. The van der Waals surface area contributed by atoms with Crippen LogP contribution >= 0.6 is 0 Å². The van der Waals surface area contributed by atoms with Crippen molar-refractivity contribution in [2.45, 2.75) is 47.1 Å². The van der Waals surface area contributed by atoms with Crippen molar-refractivity contribution in [3.8, 4) is 12.3 Å². The number of aliphatic carboxylic acids is 1. The van der Waals surface area contributed by atoms with Gasteiger partial charge in [-0.3, -0.25) is 9.35 Å². The van der Waals surface area contributed by atoms with Crippen LogP contribution in [-0.2, 0) is 16.1 Å². The molecule has 0 aliphatic heterocycles. The molecular weight excluding hydrogens is 448 g/mol. The maximum absolute atomic E-state index is 12.8. The van der Waals surface area contributed by atoms with Crippen LogP contribution in [0.25, 0.3) is 10.8 Å². The number of carboxylic acids is 1. The van der Waals surface area contributed by atoms with E-state index in [2.05, 4.69) is 12.0 Å². The second-order valence-electron chi connectivity index (χ2n) is 8.56. The van der Waals surface area contributed by atoms with Crippen LogP contribution in [0.4, 0.5) is 17.1 Å². The molecule has 2 N–H and O–H groups in total. The Morgan fingerprint density at radius 3 is 2.06 bits per heavy atom. The van der Waals surface area contributed by atoms with Crippen LogP contribution in [0.3, 0.4) is 0 Å². The van der Waals surface area contributed by atoms with E-state index in [1.165, 1.54) is 4.31 Å². The van der Waals surface area contributed by atoms with Crippen LogP contribution in [0, 0.1) is 40.0 Å². The molecule has 0 radical (unpaired) electrons. The van der Waals surface area contributed by atoms with Gasteiger partial charge >= 0.3 is 5.97 Å². The van der Waals surface area contributed by atoms with E-state index in [1.807, 2.05) is 69.9 Å². The number of benzene rings is 3. The molecule has 7 heteroatoms. The lowest BCUT2D eigenvalue weighted by atomic mass is 9.97. The van der Waals surface area contributed by atoms with E-state index >= 15 is 0 Å². The molecule has 2 atom stereocenters. The molecule has 0 spiro atoms. The van der Waals surface area contributed by atoms with Crippen molar-refractivity contribution in [3.63, 3.8) is 0 Å². The SMILES string of the molecule is C#CCN(c1ccc(N(c2c(C)c(C)cc(C)c2C)S(=O)O)c2ccccc12)[C@@H](C)CC(=O)O. The third-order valence-corrected chi connectivity index (χ3v) is 7.05. The number of hydrogen-bond donors (Lipinski definition) is 2. The molecule has 178 valence electrons. The van der Waals surface area contributed by atoms with Gasteiger partial charge in [0, 0.05) is 22.5 Å². The number of rotatable bonds is 8. The summed E-state index contributed by atoms with van der Waals surface area (Å²) in [5.41, 5.74) is 6.02. The van der Waals surface area contributed by atoms with E-state index in [1.54, 1.807) is 6.07 Å². The number of anilines is 3. The fraction of sp³-hybridized carbons (Fsp3) is 0.296. The minimum Gasteiger partial charge on any atom is -0.481 e. The average Bonchev–Trinajstić information content (AvgIpc) is 2.78. The monoisotopic (exact) mass is 478 g/mol. The minimum absolute atomic E-state index is 0.0640. The Labute approximate surface area is 203 Å². The zero-order valence-electron chi connectivity index (χ0n) is 20.1. The van der Waals surface area contributed by atoms with Gasteiger partial charge in [0.05, 0.1) is 24.3 Å². The van der Waals surface area contributed by atoms with Gasteiger partial charge in [0.2, 0.25) is 0 Å². The molecule has 0 heterocycles. The van der Waals surface area contributed by atoms with Crippen LogP contribution in [0.15, 0.2) is 42.5 Å². The summed E-state index contributed by atoms with van der Waals surface area (Å²) in [6, 6.07) is 13.0. The van der Waals surface area contributed by atoms with E-state index in [0.717, 1.165) is 38.7 Å². The van der Waals surface area contributed by atoms with Gasteiger partial charge in [-0.2, -0.15) is 0 Å². The summed E-state index contributed by atoms with van der Waals surface area (Å²) >= 11 is -2.33. The highest BCUT2D eigenvalue weighted by molar-refractivity contribution is 7.81. The molecule has 0 aliphatic carbocycles. The Balaban J connectivity index is 2.29. The van der Waals surface area contributed by atoms with Crippen LogP contribution in [-0.4, -0.2) is 32.4 Å². The third-order valence-electron chi connectivity index (χ3n) is 6.36. The zero-order chi connectivity index (χ0) is 25.2. The first-order chi connectivity index (χ1) is 16.1. The number of terminal acetylenes is 1. The fourth-order valence-electron chi connectivity index (χ4n) is 4.42. The van der Waals surface area contributed by atoms with Gasteiger partial charge < -0.3 is 10.0 Å². The van der Waals surface area contributed by atoms with E-state index < -0.39 is 17.2 Å². The first-order valence-electron chi connectivity index (χ1n) is 11.0. The molecule has 0 amide bonds. The maximum Gasteiger partial charge on any atom is 0.305 e. The highest BCUT2D eigenvalue weighted by Crippen LogP contribution is 2.42. The Kier molecular flexibility index (Phi) is 7.65. The molecule has 0 aliphatic rings.